The zero-order valence-electron chi connectivity index (χ0n) is 12.8. The molecule has 1 aliphatic rings. The Bertz CT molecular complexity index is 498. The van der Waals surface area contributed by atoms with Crippen LogP contribution in [0.25, 0.3) is 0 Å². The number of piperidine rings is 1. The molecule has 1 heterocycles. The number of nitrogens with zero attached hydrogens (tertiary/aromatic N) is 1. The number of benzene rings is 1. The minimum Gasteiger partial charge on any atom is -0.508 e. The molecule has 0 radical (unpaired) electrons. The van der Waals surface area contributed by atoms with Crippen molar-refractivity contribution in [2.24, 2.45) is 5.41 Å². The van der Waals surface area contributed by atoms with Gasteiger partial charge in [-0.05, 0) is 52.8 Å². The van der Waals surface area contributed by atoms with Gasteiger partial charge in [0.25, 0.3) is 0 Å². The van der Waals surface area contributed by atoms with E-state index in [0.29, 0.717) is 5.75 Å². The number of hydrogen-bond donors (Lipinski definition) is 1. The molecule has 1 aliphatic heterocycles. The lowest BCUT2D eigenvalue weighted by Crippen LogP contribution is -2.33. The molecule has 0 bridgehead atoms. The summed E-state index contributed by atoms with van der Waals surface area (Å²) >= 11 is 0. The van der Waals surface area contributed by atoms with E-state index in [-0.39, 0.29) is 11.5 Å². The first kappa shape index (κ1) is 14.9. The Hall–Kier alpha value is -1.46. The lowest BCUT2D eigenvalue weighted by molar-refractivity contribution is 0.195. The summed E-state index contributed by atoms with van der Waals surface area (Å²) in [5.74, 6) is 7.10. The standard InChI is InChI=1S/C18H25NO/c1-18(2,3)12-11-16(19-13-7-4-8-14-19)15-9-5-6-10-17(15)20/h5-6,9-10,16,20H,4,7-8,13-14H2,1-3H3. The molecule has 0 aromatic heterocycles. The summed E-state index contributed by atoms with van der Waals surface area (Å²) in [4.78, 5) is 2.40. The number of phenolic OH excluding ortho intramolecular Hbond substituents is 1. The molecule has 2 nitrogen and oxygen atoms in total. The van der Waals surface area contributed by atoms with Crippen molar-refractivity contribution in [3.8, 4) is 17.6 Å². The number of para-hydroxylation sites is 1. The Morgan fingerprint density at radius 2 is 1.75 bits per heavy atom. The maximum atomic E-state index is 10.1. The first-order valence-corrected chi connectivity index (χ1v) is 7.52. The molecule has 1 fully saturated rings. The van der Waals surface area contributed by atoms with Gasteiger partial charge in [0.05, 0.1) is 0 Å². The van der Waals surface area contributed by atoms with E-state index >= 15 is 0 Å². The van der Waals surface area contributed by atoms with E-state index < -0.39 is 0 Å². The van der Waals surface area contributed by atoms with Crippen LogP contribution >= 0.6 is 0 Å². The van der Waals surface area contributed by atoms with Crippen molar-refractivity contribution in [1.82, 2.24) is 4.90 Å². The van der Waals surface area contributed by atoms with E-state index in [1.807, 2.05) is 18.2 Å². The van der Waals surface area contributed by atoms with Gasteiger partial charge in [0.15, 0.2) is 0 Å². The first-order valence-electron chi connectivity index (χ1n) is 7.52. The summed E-state index contributed by atoms with van der Waals surface area (Å²) < 4.78 is 0. The second-order valence-corrected chi connectivity index (χ2v) is 6.58. The molecule has 1 unspecified atom stereocenters. The third-order valence-electron chi connectivity index (χ3n) is 3.57. The van der Waals surface area contributed by atoms with Crippen molar-refractivity contribution in [2.45, 2.75) is 46.1 Å². The third-order valence-corrected chi connectivity index (χ3v) is 3.57. The number of rotatable bonds is 2. The zero-order chi connectivity index (χ0) is 14.6. The Morgan fingerprint density at radius 3 is 2.35 bits per heavy atom. The van der Waals surface area contributed by atoms with Gasteiger partial charge < -0.3 is 5.11 Å². The van der Waals surface area contributed by atoms with Crippen LogP contribution in [0.3, 0.4) is 0 Å². The second-order valence-electron chi connectivity index (χ2n) is 6.58. The molecule has 1 N–H and O–H groups in total. The van der Waals surface area contributed by atoms with Gasteiger partial charge in [0.2, 0.25) is 0 Å². The van der Waals surface area contributed by atoms with Crippen LogP contribution in [0.5, 0.6) is 5.75 Å². The summed E-state index contributed by atoms with van der Waals surface area (Å²) in [6.07, 6.45) is 3.75. The average Bonchev–Trinajstić information content (AvgIpc) is 2.41. The number of phenols is 1. The smallest absolute Gasteiger partial charge is 0.121 e. The number of hydrogen-bond acceptors (Lipinski definition) is 2. The lowest BCUT2D eigenvalue weighted by atomic mass is 9.95. The first-order chi connectivity index (χ1) is 9.47. The predicted octanol–water partition coefficient (Wildman–Crippen LogP) is 3.97. The fourth-order valence-electron chi connectivity index (χ4n) is 2.55. The van der Waals surface area contributed by atoms with Crippen molar-refractivity contribution in [1.29, 1.82) is 0 Å². The van der Waals surface area contributed by atoms with Gasteiger partial charge in [0.1, 0.15) is 11.8 Å². The van der Waals surface area contributed by atoms with E-state index in [0.717, 1.165) is 18.7 Å². The Balaban J connectivity index is 2.32. The minimum absolute atomic E-state index is 0.00993. The normalized spacial score (nSPS) is 18.1. The molecule has 1 atom stereocenters. The predicted molar refractivity (Wildman–Crippen MR) is 83.5 cm³/mol. The van der Waals surface area contributed by atoms with Gasteiger partial charge >= 0.3 is 0 Å². The third kappa shape index (κ3) is 4.02. The van der Waals surface area contributed by atoms with E-state index in [2.05, 4.69) is 37.5 Å². The van der Waals surface area contributed by atoms with Crippen LogP contribution in [0.2, 0.25) is 0 Å². The van der Waals surface area contributed by atoms with Crippen LogP contribution in [0.1, 0.15) is 51.6 Å². The van der Waals surface area contributed by atoms with Crippen molar-refractivity contribution in [3.05, 3.63) is 29.8 Å². The van der Waals surface area contributed by atoms with Crippen LogP contribution in [-0.4, -0.2) is 23.1 Å². The van der Waals surface area contributed by atoms with Gasteiger partial charge in [-0.1, -0.05) is 36.5 Å². The molecule has 2 rings (SSSR count). The maximum absolute atomic E-state index is 10.1. The summed E-state index contributed by atoms with van der Waals surface area (Å²) in [7, 11) is 0. The highest BCUT2D eigenvalue weighted by Gasteiger charge is 2.23. The largest absolute Gasteiger partial charge is 0.508 e. The molecule has 108 valence electrons. The summed E-state index contributed by atoms with van der Waals surface area (Å²) in [6.45, 7) is 8.50. The van der Waals surface area contributed by atoms with E-state index in [4.69, 9.17) is 0 Å². The summed E-state index contributed by atoms with van der Waals surface area (Å²) in [5.41, 5.74) is 0.921. The SMILES string of the molecule is CC(C)(C)C#CC(c1ccccc1O)N1CCCCC1. The second kappa shape index (κ2) is 6.33. The highest BCUT2D eigenvalue weighted by molar-refractivity contribution is 5.39. The van der Waals surface area contributed by atoms with Crippen molar-refractivity contribution in [2.75, 3.05) is 13.1 Å². The van der Waals surface area contributed by atoms with Crippen molar-refractivity contribution >= 4 is 0 Å². The van der Waals surface area contributed by atoms with E-state index in [1.165, 1.54) is 19.3 Å². The van der Waals surface area contributed by atoms with Gasteiger partial charge in [-0.15, -0.1) is 0 Å². The maximum Gasteiger partial charge on any atom is 0.121 e. The molecule has 20 heavy (non-hydrogen) atoms. The van der Waals surface area contributed by atoms with Gasteiger partial charge in [-0.3, -0.25) is 4.90 Å². The highest BCUT2D eigenvalue weighted by Crippen LogP contribution is 2.30. The molecular weight excluding hydrogens is 246 g/mol. The lowest BCUT2D eigenvalue weighted by Gasteiger charge is -2.32. The molecular formula is C18H25NO. The molecule has 0 aliphatic carbocycles. The van der Waals surface area contributed by atoms with Crippen molar-refractivity contribution in [3.63, 3.8) is 0 Å². The molecule has 1 aromatic rings. The number of aromatic hydroxyl groups is 1. The van der Waals surface area contributed by atoms with Crippen LogP contribution in [-0.2, 0) is 0 Å². The van der Waals surface area contributed by atoms with Crippen LogP contribution in [0.15, 0.2) is 24.3 Å². The highest BCUT2D eigenvalue weighted by atomic mass is 16.3. The molecule has 1 saturated heterocycles. The Labute approximate surface area is 122 Å². The zero-order valence-corrected chi connectivity index (χ0v) is 12.8. The van der Waals surface area contributed by atoms with Crippen LogP contribution in [0.4, 0.5) is 0 Å². The van der Waals surface area contributed by atoms with E-state index in [9.17, 15) is 5.11 Å². The number of likely N-dealkylation sites (tertiary alicyclic amines) is 1. The average molecular weight is 271 g/mol. The van der Waals surface area contributed by atoms with Gasteiger partial charge in [-0.2, -0.15) is 0 Å². The minimum atomic E-state index is -0.0154. The van der Waals surface area contributed by atoms with Crippen LogP contribution in [0, 0.1) is 17.3 Å². The van der Waals surface area contributed by atoms with Gasteiger partial charge in [0, 0.05) is 11.0 Å². The Morgan fingerprint density at radius 1 is 1.10 bits per heavy atom. The van der Waals surface area contributed by atoms with Gasteiger partial charge in [-0.25, -0.2) is 0 Å². The fraction of sp³-hybridized carbons (Fsp3) is 0.556. The molecule has 0 spiro atoms. The fourth-order valence-corrected chi connectivity index (χ4v) is 2.55. The molecule has 0 amide bonds. The topological polar surface area (TPSA) is 23.5 Å². The monoisotopic (exact) mass is 271 g/mol. The quantitative estimate of drug-likeness (QED) is 0.823. The van der Waals surface area contributed by atoms with Crippen molar-refractivity contribution < 1.29 is 5.11 Å². The van der Waals surface area contributed by atoms with Crippen LogP contribution < -0.4 is 0 Å². The molecule has 2 heteroatoms. The summed E-state index contributed by atoms with van der Waals surface area (Å²) in [6, 6.07) is 7.60. The van der Waals surface area contributed by atoms with E-state index in [1.54, 1.807) is 6.07 Å². The summed E-state index contributed by atoms with van der Waals surface area (Å²) in [5, 5.41) is 10.1. The molecule has 0 saturated carbocycles. The molecule has 1 aromatic carbocycles. The Kier molecular flexibility index (Phi) is 4.73.